The lowest BCUT2D eigenvalue weighted by molar-refractivity contribution is -0.116. The van der Waals surface area contributed by atoms with Crippen molar-refractivity contribution >= 4 is 22.4 Å². The van der Waals surface area contributed by atoms with Crippen LogP contribution in [0, 0.1) is 12.8 Å². The molecule has 0 spiro atoms. The molecule has 1 aromatic rings. The number of hydrogen-bond donors (Lipinski definition) is 1. The Kier molecular flexibility index (Phi) is 4.72. The quantitative estimate of drug-likeness (QED) is 0.911. The van der Waals surface area contributed by atoms with Crippen LogP contribution in [0.25, 0.3) is 0 Å². The first kappa shape index (κ1) is 13.5. The van der Waals surface area contributed by atoms with E-state index >= 15 is 0 Å². The fraction of sp³-hybridized carbons (Fsp3) is 0.692. The molecule has 4 nitrogen and oxygen atoms in total. The maximum absolute atomic E-state index is 11.8. The standard InChI is InChI=1S/C13H21N3OS/c1-10-9-13(18-15-10)14-12(17)4-3-11-5-7-16(2)8-6-11/h9,11H,3-8H2,1-2H3,(H,14,17). The number of anilines is 1. The highest BCUT2D eigenvalue weighted by Crippen LogP contribution is 2.22. The van der Waals surface area contributed by atoms with Crippen molar-refractivity contribution < 1.29 is 4.79 Å². The fourth-order valence-electron chi connectivity index (χ4n) is 2.31. The normalized spacial score (nSPS) is 17.9. The Morgan fingerprint density at radius 1 is 1.56 bits per heavy atom. The van der Waals surface area contributed by atoms with Crippen LogP contribution in [0.4, 0.5) is 5.00 Å². The monoisotopic (exact) mass is 267 g/mol. The molecule has 1 aromatic heterocycles. The van der Waals surface area contributed by atoms with E-state index in [1.165, 1.54) is 37.5 Å². The summed E-state index contributed by atoms with van der Waals surface area (Å²) in [7, 11) is 2.16. The van der Waals surface area contributed by atoms with Gasteiger partial charge in [-0.15, -0.1) is 0 Å². The highest BCUT2D eigenvalue weighted by Gasteiger charge is 2.17. The Hall–Kier alpha value is -0.940. The van der Waals surface area contributed by atoms with Crippen LogP contribution in [-0.2, 0) is 4.79 Å². The Morgan fingerprint density at radius 2 is 2.28 bits per heavy atom. The number of aryl methyl sites for hydroxylation is 1. The summed E-state index contributed by atoms with van der Waals surface area (Å²) in [5.74, 6) is 0.840. The number of nitrogens with one attached hydrogen (secondary N) is 1. The maximum Gasteiger partial charge on any atom is 0.225 e. The lowest BCUT2D eigenvalue weighted by Gasteiger charge is -2.28. The zero-order valence-corrected chi connectivity index (χ0v) is 11.9. The number of carbonyl (C=O) groups excluding carboxylic acids is 1. The van der Waals surface area contributed by atoms with Gasteiger partial charge in [0, 0.05) is 6.42 Å². The zero-order valence-electron chi connectivity index (χ0n) is 11.1. The van der Waals surface area contributed by atoms with Crippen LogP contribution in [-0.4, -0.2) is 35.3 Å². The zero-order chi connectivity index (χ0) is 13.0. The summed E-state index contributed by atoms with van der Waals surface area (Å²) in [6, 6.07) is 1.91. The van der Waals surface area contributed by atoms with Crippen molar-refractivity contribution in [1.29, 1.82) is 0 Å². The molecule has 0 saturated carbocycles. The first-order valence-electron chi connectivity index (χ1n) is 6.55. The van der Waals surface area contributed by atoms with Gasteiger partial charge < -0.3 is 10.2 Å². The predicted octanol–water partition coefficient (Wildman–Crippen LogP) is 2.51. The molecule has 0 bridgehead atoms. The van der Waals surface area contributed by atoms with E-state index in [0.717, 1.165) is 23.0 Å². The van der Waals surface area contributed by atoms with Gasteiger partial charge in [-0.25, -0.2) is 0 Å². The number of aromatic nitrogens is 1. The number of nitrogens with zero attached hydrogens (tertiary/aromatic N) is 2. The van der Waals surface area contributed by atoms with E-state index < -0.39 is 0 Å². The Balaban J connectivity index is 1.68. The van der Waals surface area contributed by atoms with Crippen molar-refractivity contribution in [3.63, 3.8) is 0 Å². The average Bonchev–Trinajstić information content (AvgIpc) is 2.74. The van der Waals surface area contributed by atoms with Crippen molar-refractivity contribution in [2.75, 3.05) is 25.5 Å². The predicted molar refractivity (Wildman–Crippen MR) is 74.9 cm³/mol. The lowest BCUT2D eigenvalue weighted by atomic mass is 9.92. The molecule has 5 heteroatoms. The second-order valence-electron chi connectivity index (χ2n) is 5.17. The van der Waals surface area contributed by atoms with Crippen molar-refractivity contribution in [2.45, 2.75) is 32.6 Å². The summed E-state index contributed by atoms with van der Waals surface area (Å²) in [6.45, 7) is 4.27. The molecule has 2 rings (SSSR count). The molecule has 0 atom stereocenters. The molecule has 0 radical (unpaired) electrons. The molecule has 1 amide bonds. The minimum atomic E-state index is 0.123. The number of carbonyl (C=O) groups is 1. The van der Waals surface area contributed by atoms with Crippen LogP contribution in [0.5, 0.6) is 0 Å². The largest absolute Gasteiger partial charge is 0.316 e. The summed E-state index contributed by atoms with van der Waals surface area (Å²) < 4.78 is 4.15. The van der Waals surface area contributed by atoms with Crippen molar-refractivity contribution in [1.82, 2.24) is 9.27 Å². The van der Waals surface area contributed by atoms with E-state index in [1.54, 1.807) is 0 Å². The molecule has 0 aromatic carbocycles. The summed E-state index contributed by atoms with van der Waals surface area (Å²) in [4.78, 5) is 14.1. The van der Waals surface area contributed by atoms with E-state index in [2.05, 4.69) is 21.6 Å². The smallest absolute Gasteiger partial charge is 0.225 e. The Bertz CT molecular complexity index is 397. The van der Waals surface area contributed by atoms with Gasteiger partial charge in [0.25, 0.3) is 0 Å². The molecule has 0 aliphatic carbocycles. The van der Waals surface area contributed by atoms with E-state index in [0.29, 0.717) is 6.42 Å². The number of hydrogen-bond acceptors (Lipinski definition) is 4. The van der Waals surface area contributed by atoms with Gasteiger partial charge in [-0.2, -0.15) is 4.37 Å². The van der Waals surface area contributed by atoms with Gasteiger partial charge in [-0.05, 0) is 69.8 Å². The number of likely N-dealkylation sites (tertiary alicyclic amines) is 1. The topological polar surface area (TPSA) is 45.2 Å². The molecule has 2 heterocycles. The second-order valence-corrected chi connectivity index (χ2v) is 5.97. The van der Waals surface area contributed by atoms with E-state index in [1.807, 2.05) is 13.0 Å². The van der Waals surface area contributed by atoms with Crippen LogP contribution < -0.4 is 5.32 Å². The molecular formula is C13H21N3OS. The SMILES string of the molecule is Cc1cc(NC(=O)CCC2CCN(C)CC2)sn1. The van der Waals surface area contributed by atoms with Crippen LogP contribution in [0.15, 0.2) is 6.07 Å². The second kappa shape index (κ2) is 6.29. The molecular weight excluding hydrogens is 246 g/mol. The number of rotatable bonds is 4. The number of amides is 1. The average molecular weight is 267 g/mol. The molecule has 1 saturated heterocycles. The van der Waals surface area contributed by atoms with Crippen LogP contribution in [0.2, 0.25) is 0 Å². The van der Waals surface area contributed by atoms with Gasteiger partial charge in [0.05, 0.1) is 5.69 Å². The van der Waals surface area contributed by atoms with Gasteiger partial charge >= 0.3 is 0 Å². The van der Waals surface area contributed by atoms with Crippen molar-refractivity contribution in [3.8, 4) is 0 Å². The molecule has 18 heavy (non-hydrogen) atoms. The van der Waals surface area contributed by atoms with E-state index in [9.17, 15) is 4.79 Å². The van der Waals surface area contributed by atoms with Gasteiger partial charge in [0.15, 0.2) is 0 Å². The summed E-state index contributed by atoms with van der Waals surface area (Å²) >= 11 is 1.35. The molecule has 100 valence electrons. The highest BCUT2D eigenvalue weighted by molar-refractivity contribution is 7.10. The maximum atomic E-state index is 11.8. The van der Waals surface area contributed by atoms with Gasteiger partial charge in [0.2, 0.25) is 5.91 Å². The third kappa shape index (κ3) is 4.07. The third-order valence-corrected chi connectivity index (χ3v) is 4.30. The van der Waals surface area contributed by atoms with E-state index in [-0.39, 0.29) is 5.91 Å². The lowest BCUT2D eigenvalue weighted by Crippen LogP contribution is -2.30. The Morgan fingerprint density at radius 3 is 2.89 bits per heavy atom. The third-order valence-electron chi connectivity index (χ3n) is 3.51. The first-order valence-corrected chi connectivity index (χ1v) is 7.32. The minimum absolute atomic E-state index is 0.123. The highest BCUT2D eigenvalue weighted by atomic mass is 32.1. The van der Waals surface area contributed by atoms with Crippen LogP contribution in [0.1, 0.15) is 31.4 Å². The van der Waals surface area contributed by atoms with E-state index in [4.69, 9.17) is 0 Å². The molecule has 1 N–H and O–H groups in total. The fourth-order valence-corrected chi connectivity index (χ4v) is 2.99. The summed E-state index contributed by atoms with van der Waals surface area (Å²) in [5, 5.41) is 3.78. The van der Waals surface area contributed by atoms with Gasteiger partial charge in [-0.1, -0.05) is 0 Å². The molecule has 1 fully saturated rings. The van der Waals surface area contributed by atoms with Crippen LogP contribution >= 0.6 is 11.5 Å². The summed E-state index contributed by atoms with van der Waals surface area (Å²) in [5.41, 5.74) is 0.964. The minimum Gasteiger partial charge on any atom is -0.316 e. The van der Waals surface area contributed by atoms with Crippen LogP contribution in [0.3, 0.4) is 0 Å². The van der Waals surface area contributed by atoms with Crippen molar-refractivity contribution in [2.24, 2.45) is 5.92 Å². The molecule has 1 aliphatic rings. The van der Waals surface area contributed by atoms with Crippen molar-refractivity contribution in [3.05, 3.63) is 11.8 Å². The molecule has 1 aliphatic heterocycles. The first-order chi connectivity index (χ1) is 8.63. The summed E-state index contributed by atoms with van der Waals surface area (Å²) in [6.07, 6.45) is 4.09. The Labute approximate surface area is 113 Å². The van der Waals surface area contributed by atoms with Gasteiger partial charge in [-0.3, -0.25) is 4.79 Å². The number of piperidine rings is 1. The molecule has 0 unspecified atom stereocenters. The van der Waals surface area contributed by atoms with Gasteiger partial charge in [0.1, 0.15) is 5.00 Å².